The second kappa shape index (κ2) is 9.64. The number of nitrogens with zero attached hydrogens (tertiary/aromatic N) is 1. The molecular weight excluding hydrogens is 424 g/mol. The van der Waals surface area contributed by atoms with Crippen LogP contribution in [0.1, 0.15) is 11.1 Å². The highest BCUT2D eigenvalue weighted by molar-refractivity contribution is 8.26. The Morgan fingerprint density at radius 1 is 1.10 bits per heavy atom. The van der Waals surface area contributed by atoms with Crippen LogP contribution in [0.5, 0.6) is 17.2 Å². The summed E-state index contributed by atoms with van der Waals surface area (Å²) in [5.41, 5.74) is 4.09. The van der Waals surface area contributed by atoms with Crippen molar-refractivity contribution in [1.82, 2.24) is 10.4 Å². The summed E-state index contributed by atoms with van der Waals surface area (Å²) in [7, 11) is 4.55. The molecule has 0 radical (unpaired) electrons. The van der Waals surface area contributed by atoms with Crippen LogP contribution in [-0.4, -0.2) is 42.5 Å². The first-order valence-corrected chi connectivity index (χ1v) is 10.1. The van der Waals surface area contributed by atoms with Gasteiger partial charge in [-0.2, -0.15) is 5.01 Å². The molecule has 2 aromatic rings. The predicted molar refractivity (Wildman–Crippen MR) is 119 cm³/mol. The van der Waals surface area contributed by atoms with Crippen molar-refractivity contribution >= 4 is 46.2 Å². The zero-order valence-corrected chi connectivity index (χ0v) is 18.3. The smallest absolute Gasteiger partial charge is 0.285 e. The first-order chi connectivity index (χ1) is 14.5. The number of methoxy groups -OCH3 is 3. The third-order valence-electron chi connectivity index (χ3n) is 4.22. The molecule has 7 nitrogen and oxygen atoms in total. The van der Waals surface area contributed by atoms with Gasteiger partial charge in [-0.25, -0.2) is 0 Å². The van der Waals surface area contributed by atoms with E-state index < -0.39 is 5.91 Å². The van der Waals surface area contributed by atoms with Gasteiger partial charge in [0.25, 0.3) is 5.91 Å². The molecule has 1 saturated heterocycles. The fourth-order valence-electron chi connectivity index (χ4n) is 2.85. The Hall–Kier alpha value is -3.04. The summed E-state index contributed by atoms with van der Waals surface area (Å²) < 4.78 is 16.2. The first-order valence-electron chi connectivity index (χ1n) is 8.88. The van der Waals surface area contributed by atoms with E-state index in [2.05, 4.69) is 5.43 Å². The number of ether oxygens (including phenoxy) is 3. The zero-order chi connectivity index (χ0) is 21.7. The molecule has 2 aromatic carbocycles. The van der Waals surface area contributed by atoms with Gasteiger partial charge in [0, 0.05) is 0 Å². The summed E-state index contributed by atoms with van der Waals surface area (Å²) in [4.78, 5) is 25.5. The van der Waals surface area contributed by atoms with Crippen LogP contribution in [0.3, 0.4) is 0 Å². The van der Waals surface area contributed by atoms with Gasteiger partial charge in [-0.05, 0) is 41.6 Å². The number of carbonyl (C=O) groups excluding carboxylic acids is 2. The van der Waals surface area contributed by atoms with Crippen LogP contribution in [0.25, 0.3) is 6.08 Å². The maximum Gasteiger partial charge on any atom is 0.285 e. The minimum absolute atomic E-state index is 0.143. The van der Waals surface area contributed by atoms with Crippen LogP contribution in [0, 0.1) is 0 Å². The van der Waals surface area contributed by atoms with Crippen molar-refractivity contribution in [2.75, 3.05) is 21.3 Å². The van der Waals surface area contributed by atoms with Crippen LogP contribution in [-0.2, 0) is 16.0 Å². The van der Waals surface area contributed by atoms with Crippen molar-refractivity contribution in [2.24, 2.45) is 0 Å². The van der Waals surface area contributed by atoms with E-state index in [4.69, 9.17) is 26.4 Å². The normalized spacial score (nSPS) is 14.8. The molecule has 0 unspecified atom stereocenters. The monoisotopic (exact) mass is 444 g/mol. The number of thiocarbonyl (C=S) groups is 1. The maximum absolute atomic E-state index is 12.8. The Kier molecular flexibility index (Phi) is 6.96. The molecule has 0 bridgehead atoms. The Bertz CT molecular complexity index is 983. The Morgan fingerprint density at radius 3 is 2.30 bits per heavy atom. The summed E-state index contributed by atoms with van der Waals surface area (Å²) in [5, 5.41) is 1.09. The minimum Gasteiger partial charge on any atom is -0.493 e. The number of carbonyl (C=O) groups is 2. The molecule has 9 heteroatoms. The Balaban J connectivity index is 1.78. The average molecular weight is 445 g/mol. The third kappa shape index (κ3) is 4.74. The number of hydrogen-bond acceptors (Lipinski definition) is 7. The lowest BCUT2D eigenvalue weighted by molar-refractivity contribution is -0.132. The largest absolute Gasteiger partial charge is 0.493 e. The van der Waals surface area contributed by atoms with Crippen molar-refractivity contribution < 1.29 is 23.8 Å². The number of benzene rings is 2. The van der Waals surface area contributed by atoms with Crippen molar-refractivity contribution in [1.29, 1.82) is 0 Å². The maximum atomic E-state index is 12.8. The standard InChI is InChI=1S/C21H20N2O5S2/c1-26-15-9-14(10-16(27-2)19(15)28-3)11-17-20(25)23(21(29)30-17)22-18(24)12-13-7-5-4-6-8-13/h4-11H,12H2,1-3H3,(H,22,24). The lowest BCUT2D eigenvalue weighted by Crippen LogP contribution is -2.45. The van der Waals surface area contributed by atoms with Gasteiger partial charge in [-0.1, -0.05) is 42.1 Å². The van der Waals surface area contributed by atoms with E-state index in [1.807, 2.05) is 30.3 Å². The van der Waals surface area contributed by atoms with E-state index in [1.165, 1.54) is 21.3 Å². The molecule has 156 valence electrons. The van der Waals surface area contributed by atoms with E-state index in [1.54, 1.807) is 18.2 Å². The fraction of sp³-hybridized carbons (Fsp3) is 0.190. The number of nitrogens with one attached hydrogen (secondary N) is 1. The Morgan fingerprint density at radius 2 is 1.73 bits per heavy atom. The fourth-order valence-corrected chi connectivity index (χ4v) is 4.03. The zero-order valence-electron chi connectivity index (χ0n) is 16.6. The highest BCUT2D eigenvalue weighted by Crippen LogP contribution is 2.40. The second-order valence-electron chi connectivity index (χ2n) is 6.17. The summed E-state index contributed by atoms with van der Waals surface area (Å²) in [6.07, 6.45) is 1.80. The summed E-state index contributed by atoms with van der Waals surface area (Å²) in [5.74, 6) is 0.661. The predicted octanol–water partition coefficient (Wildman–Crippen LogP) is 3.19. The lowest BCUT2D eigenvalue weighted by atomic mass is 10.1. The summed E-state index contributed by atoms with van der Waals surface area (Å²) in [6.45, 7) is 0. The minimum atomic E-state index is -0.403. The van der Waals surface area contributed by atoms with Crippen molar-refractivity contribution in [3.05, 3.63) is 58.5 Å². The third-order valence-corrected chi connectivity index (χ3v) is 5.52. The highest BCUT2D eigenvalue weighted by atomic mass is 32.2. The van der Waals surface area contributed by atoms with Gasteiger partial charge in [0.15, 0.2) is 15.8 Å². The van der Waals surface area contributed by atoms with Gasteiger partial charge in [0.1, 0.15) is 0 Å². The van der Waals surface area contributed by atoms with Crippen LogP contribution >= 0.6 is 24.0 Å². The van der Waals surface area contributed by atoms with Gasteiger partial charge < -0.3 is 14.2 Å². The molecule has 1 N–H and O–H groups in total. The van der Waals surface area contributed by atoms with Gasteiger partial charge in [-0.3, -0.25) is 15.0 Å². The molecule has 2 amide bonds. The average Bonchev–Trinajstić information content (AvgIpc) is 3.00. The summed E-state index contributed by atoms with van der Waals surface area (Å²) >= 11 is 6.38. The molecule has 1 heterocycles. The Labute approximate surface area is 184 Å². The lowest BCUT2D eigenvalue weighted by Gasteiger charge is -2.15. The number of hydrazine groups is 1. The molecule has 1 aliphatic heterocycles. The first kappa shape index (κ1) is 21.7. The van der Waals surface area contributed by atoms with Crippen molar-refractivity contribution in [3.63, 3.8) is 0 Å². The van der Waals surface area contributed by atoms with E-state index in [0.717, 1.165) is 22.3 Å². The number of rotatable bonds is 7. The van der Waals surface area contributed by atoms with E-state index in [0.29, 0.717) is 27.7 Å². The van der Waals surface area contributed by atoms with E-state index >= 15 is 0 Å². The quantitative estimate of drug-likeness (QED) is 0.519. The molecule has 3 rings (SSSR count). The number of amides is 2. The molecule has 1 aliphatic rings. The van der Waals surface area contributed by atoms with Crippen LogP contribution < -0.4 is 19.6 Å². The van der Waals surface area contributed by atoms with Crippen LogP contribution in [0.4, 0.5) is 0 Å². The van der Waals surface area contributed by atoms with Crippen LogP contribution in [0.15, 0.2) is 47.4 Å². The summed E-state index contributed by atoms with van der Waals surface area (Å²) in [6, 6.07) is 12.7. The van der Waals surface area contributed by atoms with Gasteiger partial charge in [0.2, 0.25) is 11.7 Å². The molecule has 0 spiro atoms. The highest BCUT2D eigenvalue weighted by Gasteiger charge is 2.33. The van der Waals surface area contributed by atoms with Gasteiger partial charge in [0.05, 0.1) is 32.7 Å². The second-order valence-corrected chi connectivity index (χ2v) is 7.85. The molecule has 30 heavy (non-hydrogen) atoms. The SMILES string of the molecule is COc1cc(C=C2SC(=S)N(NC(=O)Cc3ccccc3)C2=O)cc(OC)c1OC. The van der Waals surface area contributed by atoms with Crippen molar-refractivity contribution in [3.8, 4) is 17.2 Å². The van der Waals surface area contributed by atoms with E-state index in [-0.39, 0.29) is 16.6 Å². The topological polar surface area (TPSA) is 77.1 Å². The molecular formula is C21H20N2O5S2. The number of hydrogen-bond donors (Lipinski definition) is 1. The number of thioether (sulfide) groups is 1. The molecule has 0 aliphatic carbocycles. The molecule has 0 atom stereocenters. The molecule has 0 aromatic heterocycles. The van der Waals surface area contributed by atoms with Crippen molar-refractivity contribution in [2.45, 2.75) is 6.42 Å². The van der Waals surface area contributed by atoms with Gasteiger partial charge >= 0.3 is 0 Å². The molecule has 0 saturated carbocycles. The van der Waals surface area contributed by atoms with Crippen LogP contribution in [0.2, 0.25) is 0 Å². The molecule has 1 fully saturated rings. The van der Waals surface area contributed by atoms with Gasteiger partial charge in [-0.15, -0.1) is 0 Å². The van der Waals surface area contributed by atoms with E-state index in [9.17, 15) is 9.59 Å².